The van der Waals surface area contributed by atoms with Gasteiger partial charge in [0.25, 0.3) is 5.91 Å². The number of nitrogens with one attached hydrogen (secondary N) is 1. The molecular formula is C19H23NO4. The van der Waals surface area contributed by atoms with Crippen LogP contribution in [0.1, 0.15) is 48.9 Å². The third-order valence-electron chi connectivity index (χ3n) is 4.40. The van der Waals surface area contributed by atoms with Gasteiger partial charge in [0, 0.05) is 18.5 Å². The third kappa shape index (κ3) is 4.23. The van der Waals surface area contributed by atoms with Crippen LogP contribution in [0.3, 0.4) is 0 Å². The summed E-state index contributed by atoms with van der Waals surface area (Å²) in [6.45, 7) is 1.12. The zero-order valence-electron chi connectivity index (χ0n) is 13.8. The Balaban J connectivity index is 1.48. The van der Waals surface area contributed by atoms with E-state index < -0.39 is 11.5 Å². The Kier molecular flexibility index (Phi) is 5.64. The van der Waals surface area contributed by atoms with Crippen molar-refractivity contribution >= 4 is 16.9 Å². The van der Waals surface area contributed by atoms with Crippen molar-refractivity contribution in [1.29, 1.82) is 0 Å². The molecule has 5 heteroatoms. The molecule has 1 amide bonds. The lowest BCUT2D eigenvalue weighted by Gasteiger charge is -2.21. The molecule has 1 aliphatic rings. The van der Waals surface area contributed by atoms with Crippen LogP contribution in [-0.4, -0.2) is 25.2 Å². The van der Waals surface area contributed by atoms with Gasteiger partial charge in [0.05, 0.1) is 6.10 Å². The first kappa shape index (κ1) is 16.7. The van der Waals surface area contributed by atoms with Crippen molar-refractivity contribution in [2.45, 2.75) is 44.6 Å². The van der Waals surface area contributed by atoms with E-state index in [0.717, 1.165) is 24.6 Å². The zero-order chi connectivity index (χ0) is 16.8. The molecule has 5 nitrogen and oxygen atoms in total. The lowest BCUT2D eigenvalue weighted by atomic mass is 9.98. The molecule has 0 unspecified atom stereocenters. The Hall–Kier alpha value is -2.14. The first-order chi connectivity index (χ1) is 11.7. The SMILES string of the molecule is O=C(NCCCOC1CCCCC1)c1cc2ccccc2oc1=O. The van der Waals surface area contributed by atoms with Gasteiger partial charge in [0.2, 0.25) is 0 Å². The maximum Gasteiger partial charge on any atom is 0.349 e. The monoisotopic (exact) mass is 329 g/mol. The van der Waals surface area contributed by atoms with Gasteiger partial charge < -0.3 is 14.5 Å². The van der Waals surface area contributed by atoms with Crippen molar-refractivity contribution in [3.8, 4) is 0 Å². The van der Waals surface area contributed by atoms with Gasteiger partial charge in [-0.1, -0.05) is 37.5 Å². The molecule has 3 rings (SSSR count). The standard InChI is InChI=1S/C19H23NO4/c21-18(20-11-6-12-23-15-8-2-1-3-9-15)16-13-14-7-4-5-10-17(14)24-19(16)22/h4-5,7,10,13,15H,1-3,6,8-9,11-12H2,(H,20,21). The molecule has 0 saturated heterocycles. The van der Waals surface area contributed by atoms with Crippen molar-refractivity contribution in [3.05, 3.63) is 46.3 Å². The van der Waals surface area contributed by atoms with Gasteiger partial charge in [0.15, 0.2) is 0 Å². The lowest BCUT2D eigenvalue weighted by molar-refractivity contribution is 0.0273. The summed E-state index contributed by atoms with van der Waals surface area (Å²) in [7, 11) is 0. The van der Waals surface area contributed by atoms with Crippen molar-refractivity contribution in [2.75, 3.05) is 13.2 Å². The van der Waals surface area contributed by atoms with E-state index in [9.17, 15) is 9.59 Å². The number of hydrogen-bond acceptors (Lipinski definition) is 4. The highest BCUT2D eigenvalue weighted by Gasteiger charge is 2.14. The fourth-order valence-corrected chi connectivity index (χ4v) is 3.07. The summed E-state index contributed by atoms with van der Waals surface area (Å²) in [5, 5.41) is 3.50. The van der Waals surface area contributed by atoms with E-state index in [1.807, 2.05) is 12.1 Å². The predicted octanol–water partition coefficient (Wildman–Crippen LogP) is 3.26. The Morgan fingerprint density at radius 2 is 2.00 bits per heavy atom. The second kappa shape index (κ2) is 8.11. The number of ether oxygens (including phenoxy) is 1. The maximum atomic E-state index is 12.2. The van der Waals surface area contributed by atoms with Crippen LogP contribution in [0.15, 0.2) is 39.5 Å². The minimum atomic E-state index is -0.607. The van der Waals surface area contributed by atoms with E-state index in [4.69, 9.17) is 9.15 Å². The molecule has 128 valence electrons. The minimum Gasteiger partial charge on any atom is -0.422 e. The molecule has 0 bridgehead atoms. The molecule has 0 aliphatic heterocycles. The largest absolute Gasteiger partial charge is 0.422 e. The Labute approximate surface area is 141 Å². The summed E-state index contributed by atoms with van der Waals surface area (Å²) in [4.78, 5) is 24.1. The first-order valence-corrected chi connectivity index (χ1v) is 8.67. The first-order valence-electron chi connectivity index (χ1n) is 8.67. The number of para-hydroxylation sites is 1. The van der Waals surface area contributed by atoms with E-state index in [1.165, 1.54) is 19.3 Å². The lowest BCUT2D eigenvalue weighted by Crippen LogP contribution is -2.30. The number of amides is 1. The van der Waals surface area contributed by atoms with Crippen molar-refractivity contribution in [3.63, 3.8) is 0 Å². The Morgan fingerprint density at radius 3 is 2.83 bits per heavy atom. The predicted molar refractivity (Wildman–Crippen MR) is 92.3 cm³/mol. The number of rotatable bonds is 6. The highest BCUT2D eigenvalue weighted by molar-refractivity contribution is 5.96. The van der Waals surface area contributed by atoms with Gasteiger partial charge >= 0.3 is 5.63 Å². The van der Waals surface area contributed by atoms with Gasteiger partial charge in [-0.15, -0.1) is 0 Å². The quantitative estimate of drug-likeness (QED) is 0.652. The highest BCUT2D eigenvalue weighted by atomic mass is 16.5. The minimum absolute atomic E-state index is 0.0434. The van der Waals surface area contributed by atoms with Crippen molar-refractivity contribution in [1.82, 2.24) is 5.32 Å². The van der Waals surface area contributed by atoms with Crippen LogP contribution in [0.25, 0.3) is 11.0 Å². The molecule has 0 spiro atoms. The van der Waals surface area contributed by atoms with Gasteiger partial charge in [0.1, 0.15) is 11.1 Å². The van der Waals surface area contributed by atoms with Crippen molar-refractivity contribution in [2.24, 2.45) is 0 Å². The van der Waals surface area contributed by atoms with Gasteiger partial charge in [-0.3, -0.25) is 4.79 Å². The summed E-state index contributed by atoms with van der Waals surface area (Å²) in [5.74, 6) is -0.396. The summed E-state index contributed by atoms with van der Waals surface area (Å²) in [6.07, 6.45) is 7.21. The molecule has 0 atom stereocenters. The van der Waals surface area contributed by atoms with E-state index >= 15 is 0 Å². The molecule has 1 aromatic carbocycles. The molecule has 1 N–H and O–H groups in total. The second-order valence-corrected chi connectivity index (χ2v) is 6.23. The zero-order valence-corrected chi connectivity index (χ0v) is 13.8. The summed E-state index contributed by atoms with van der Waals surface area (Å²) in [5.41, 5.74) is -0.0773. The molecule has 24 heavy (non-hydrogen) atoms. The fourth-order valence-electron chi connectivity index (χ4n) is 3.07. The van der Waals surface area contributed by atoms with E-state index in [2.05, 4.69) is 5.32 Å². The number of carbonyl (C=O) groups is 1. The van der Waals surface area contributed by atoms with Crippen LogP contribution >= 0.6 is 0 Å². The van der Waals surface area contributed by atoms with Crippen LogP contribution < -0.4 is 10.9 Å². The van der Waals surface area contributed by atoms with Crippen LogP contribution in [0, 0.1) is 0 Å². The highest BCUT2D eigenvalue weighted by Crippen LogP contribution is 2.20. The summed E-state index contributed by atoms with van der Waals surface area (Å²) < 4.78 is 11.0. The van der Waals surface area contributed by atoms with Gasteiger partial charge in [-0.25, -0.2) is 4.79 Å². The molecule has 1 aliphatic carbocycles. The summed E-state index contributed by atoms with van der Waals surface area (Å²) >= 11 is 0. The summed E-state index contributed by atoms with van der Waals surface area (Å²) in [6, 6.07) is 8.73. The van der Waals surface area contributed by atoms with Gasteiger partial charge in [-0.2, -0.15) is 0 Å². The maximum absolute atomic E-state index is 12.2. The Bertz CT molecular complexity index is 746. The number of carbonyl (C=O) groups excluding carboxylic acids is 1. The number of benzene rings is 1. The molecule has 1 saturated carbocycles. The molecule has 1 fully saturated rings. The van der Waals surface area contributed by atoms with E-state index in [0.29, 0.717) is 24.8 Å². The fraction of sp³-hybridized carbons (Fsp3) is 0.474. The number of hydrogen-bond donors (Lipinski definition) is 1. The average molecular weight is 329 g/mol. The molecule has 1 aromatic heterocycles. The van der Waals surface area contributed by atoms with Crippen LogP contribution in [-0.2, 0) is 4.74 Å². The average Bonchev–Trinajstić information content (AvgIpc) is 2.61. The smallest absolute Gasteiger partial charge is 0.349 e. The van der Waals surface area contributed by atoms with E-state index in [1.54, 1.807) is 18.2 Å². The normalized spacial score (nSPS) is 15.5. The van der Waals surface area contributed by atoms with Crippen LogP contribution in [0.2, 0.25) is 0 Å². The van der Waals surface area contributed by atoms with Crippen molar-refractivity contribution < 1.29 is 13.9 Å². The second-order valence-electron chi connectivity index (χ2n) is 6.23. The van der Waals surface area contributed by atoms with E-state index in [-0.39, 0.29) is 5.56 Å². The third-order valence-corrected chi connectivity index (χ3v) is 4.40. The molecule has 2 aromatic rings. The molecular weight excluding hydrogens is 306 g/mol. The number of fused-ring (bicyclic) bond motifs is 1. The topological polar surface area (TPSA) is 68.5 Å². The van der Waals surface area contributed by atoms with Gasteiger partial charge in [-0.05, 0) is 31.4 Å². The van der Waals surface area contributed by atoms with Crippen LogP contribution in [0.5, 0.6) is 0 Å². The van der Waals surface area contributed by atoms with Crippen LogP contribution in [0.4, 0.5) is 0 Å². The molecule has 0 radical (unpaired) electrons. The Morgan fingerprint density at radius 1 is 1.21 bits per heavy atom. The molecule has 1 heterocycles.